The van der Waals surface area contributed by atoms with Gasteiger partial charge in [-0.2, -0.15) is 0 Å². The molecule has 0 amide bonds. The lowest BCUT2D eigenvalue weighted by molar-refractivity contribution is -0.144. The molecule has 0 radical (unpaired) electrons. The Morgan fingerprint density at radius 2 is 2.32 bits per heavy atom. The van der Waals surface area contributed by atoms with Crippen LogP contribution in [0.4, 0.5) is 0 Å². The van der Waals surface area contributed by atoms with Crippen LogP contribution in [-0.2, 0) is 11.3 Å². The Labute approximate surface area is 121 Å². The largest absolute Gasteiger partial charge is 0.496 e. The maximum absolute atomic E-state index is 11.3. The normalized spacial score (nSPS) is 20.2. The zero-order valence-electron chi connectivity index (χ0n) is 10.9. The van der Waals surface area contributed by atoms with Crippen molar-refractivity contribution in [3.63, 3.8) is 0 Å². The van der Waals surface area contributed by atoms with Crippen LogP contribution in [0.25, 0.3) is 0 Å². The molecule has 0 aromatic heterocycles. The molecule has 1 atom stereocenters. The van der Waals surface area contributed by atoms with E-state index in [1.54, 1.807) is 7.11 Å². The fourth-order valence-corrected chi connectivity index (χ4v) is 2.96. The summed E-state index contributed by atoms with van der Waals surface area (Å²) in [5.41, 5.74) is 1.02. The van der Waals surface area contributed by atoms with Gasteiger partial charge in [0.15, 0.2) is 0 Å². The minimum Gasteiger partial charge on any atom is -0.496 e. The van der Waals surface area contributed by atoms with Crippen LogP contribution < -0.4 is 4.74 Å². The van der Waals surface area contributed by atoms with Crippen molar-refractivity contribution < 1.29 is 14.6 Å². The first-order valence-corrected chi connectivity index (χ1v) is 7.20. The molecule has 1 unspecified atom stereocenters. The first-order valence-electron chi connectivity index (χ1n) is 6.41. The average molecular weight is 328 g/mol. The van der Waals surface area contributed by atoms with Gasteiger partial charge < -0.3 is 9.84 Å². The summed E-state index contributed by atoms with van der Waals surface area (Å²) in [5.74, 6) is 0.0755. The quantitative estimate of drug-likeness (QED) is 0.923. The van der Waals surface area contributed by atoms with Crippen LogP contribution in [0.1, 0.15) is 24.8 Å². The Hall–Kier alpha value is -1.07. The lowest BCUT2D eigenvalue weighted by Crippen LogP contribution is -2.44. The molecule has 1 aliphatic heterocycles. The third-order valence-corrected chi connectivity index (χ3v) is 4.01. The predicted molar refractivity (Wildman–Crippen MR) is 76.4 cm³/mol. The first kappa shape index (κ1) is 14.3. The second-order valence-corrected chi connectivity index (χ2v) is 5.69. The van der Waals surface area contributed by atoms with Crippen molar-refractivity contribution in [1.82, 2.24) is 4.90 Å². The SMILES string of the molecule is COc1ccc(Br)cc1CN1CCCCC1C(=O)O. The number of methoxy groups -OCH3 is 1. The second-order valence-electron chi connectivity index (χ2n) is 4.78. The molecule has 0 bridgehead atoms. The molecule has 1 aromatic rings. The van der Waals surface area contributed by atoms with Gasteiger partial charge in [-0.05, 0) is 37.6 Å². The summed E-state index contributed by atoms with van der Waals surface area (Å²) in [4.78, 5) is 13.3. The summed E-state index contributed by atoms with van der Waals surface area (Å²) < 4.78 is 6.32. The highest BCUT2D eigenvalue weighted by Gasteiger charge is 2.28. The van der Waals surface area contributed by atoms with Crippen LogP contribution in [0, 0.1) is 0 Å². The standard InChI is InChI=1S/C14H18BrNO3/c1-19-13-6-5-11(15)8-10(13)9-16-7-3-2-4-12(16)14(17)18/h5-6,8,12H,2-4,7,9H2,1H3,(H,17,18). The van der Waals surface area contributed by atoms with E-state index in [0.717, 1.165) is 41.6 Å². The number of piperidine rings is 1. The fraction of sp³-hybridized carbons (Fsp3) is 0.500. The molecule has 0 aliphatic carbocycles. The minimum atomic E-state index is -0.728. The minimum absolute atomic E-state index is 0.377. The van der Waals surface area contributed by atoms with Gasteiger partial charge in [-0.1, -0.05) is 22.4 Å². The number of hydrogen-bond acceptors (Lipinski definition) is 3. The number of ether oxygens (including phenoxy) is 1. The van der Waals surface area contributed by atoms with Crippen molar-refractivity contribution >= 4 is 21.9 Å². The number of benzene rings is 1. The Morgan fingerprint density at radius 1 is 1.53 bits per heavy atom. The van der Waals surface area contributed by atoms with Crippen LogP contribution in [0.15, 0.2) is 22.7 Å². The Bertz CT molecular complexity index is 464. The van der Waals surface area contributed by atoms with E-state index in [-0.39, 0.29) is 6.04 Å². The van der Waals surface area contributed by atoms with E-state index >= 15 is 0 Å². The average Bonchev–Trinajstić information content (AvgIpc) is 2.39. The number of carbonyl (C=O) groups is 1. The lowest BCUT2D eigenvalue weighted by atomic mass is 10.0. The number of halogens is 1. The van der Waals surface area contributed by atoms with Crippen molar-refractivity contribution in [1.29, 1.82) is 0 Å². The van der Waals surface area contributed by atoms with Crippen LogP contribution in [0.3, 0.4) is 0 Å². The second kappa shape index (κ2) is 6.39. The lowest BCUT2D eigenvalue weighted by Gasteiger charge is -2.33. The van der Waals surface area contributed by atoms with Gasteiger partial charge in [0, 0.05) is 16.6 Å². The monoisotopic (exact) mass is 327 g/mol. The molecular formula is C14H18BrNO3. The zero-order chi connectivity index (χ0) is 13.8. The molecule has 1 aliphatic rings. The molecule has 0 saturated carbocycles. The van der Waals surface area contributed by atoms with E-state index in [1.807, 2.05) is 23.1 Å². The van der Waals surface area contributed by atoms with E-state index in [9.17, 15) is 9.90 Å². The molecule has 1 N–H and O–H groups in total. The number of rotatable bonds is 4. The molecule has 104 valence electrons. The molecule has 0 spiro atoms. The van der Waals surface area contributed by atoms with Crippen molar-refractivity contribution in [3.05, 3.63) is 28.2 Å². The van der Waals surface area contributed by atoms with Crippen molar-refractivity contribution in [2.75, 3.05) is 13.7 Å². The van der Waals surface area contributed by atoms with E-state index in [4.69, 9.17) is 4.74 Å². The maximum atomic E-state index is 11.3. The summed E-state index contributed by atoms with van der Waals surface area (Å²) in [6.45, 7) is 1.44. The van der Waals surface area contributed by atoms with Gasteiger partial charge in [0.05, 0.1) is 7.11 Å². The summed E-state index contributed by atoms with van der Waals surface area (Å²) in [6, 6.07) is 5.44. The molecular weight excluding hydrogens is 310 g/mol. The molecule has 1 aromatic carbocycles. The van der Waals surface area contributed by atoms with Crippen molar-refractivity contribution in [3.8, 4) is 5.75 Å². The predicted octanol–water partition coefficient (Wildman–Crippen LogP) is 2.90. The molecule has 1 saturated heterocycles. The van der Waals surface area contributed by atoms with Crippen LogP contribution in [0.2, 0.25) is 0 Å². The summed E-state index contributed by atoms with van der Waals surface area (Å²) in [5, 5.41) is 9.29. The van der Waals surface area contributed by atoms with Crippen molar-refractivity contribution in [2.24, 2.45) is 0 Å². The number of hydrogen-bond donors (Lipinski definition) is 1. The topological polar surface area (TPSA) is 49.8 Å². The van der Waals surface area contributed by atoms with Gasteiger partial charge in [-0.15, -0.1) is 0 Å². The van der Waals surface area contributed by atoms with Crippen molar-refractivity contribution in [2.45, 2.75) is 31.8 Å². The Morgan fingerprint density at radius 3 is 3.00 bits per heavy atom. The molecule has 5 heteroatoms. The van der Waals surface area contributed by atoms with E-state index in [0.29, 0.717) is 6.54 Å². The van der Waals surface area contributed by atoms with Gasteiger partial charge in [0.2, 0.25) is 0 Å². The highest BCUT2D eigenvalue weighted by atomic mass is 79.9. The molecule has 4 nitrogen and oxygen atoms in total. The maximum Gasteiger partial charge on any atom is 0.320 e. The van der Waals surface area contributed by atoms with Crippen LogP contribution in [0.5, 0.6) is 5.75 Å². The number of carboxylic acid groups (broad SMARTS) is 1. The number of carboxylic acids is 1. The van der Waals surface area contributed by atoms with E-state index < -0.39 is 5.97 Å². The van der Waals surface area contributed by atoms with Gasteiger partial charge in [-0.3, -0.25) is 9.69 Å². The van der Waals surface area contributed by atoms with Gasteiger partial charge >= 0.3 is 5.97 Å². The summed E-state index contributed by atoms with van der Waals surface area (Å²) >= 11 is 3.44. The molecule has 2 rings (SSSR count). The number of nitrogens with zero attached hydrogens (tertiary/aromatic N) is 1. The number of likely N-dealkylation sites (tertiary alicyclic amines) is 1. The fourth-order valence-electron chi connectivity index (χ4n) is 2.55. The Kier molecular flexibility index (Phi) is 4.82. The third kappa shape index (κ3) is 3.48. The van der Waals surface area contributed by atoms with Crippen LogP contribution >= 0.6 is 15.9 Å². The smallest absolute Gasteiger partial charge is 0.320 e. The highest BCUT2D eigenvalue weighted by Crippen LogP contribution is 2.27. The Balaban J connectivity index is 2.18. The van der Waals surface area contributed by atoms with Gasteiger partial charge in [0.25, 0.3) is 0 Å². The highest BCUT2D eigenvalue weighted by molar-refractivity contribution is 9.10. The molecule has 1 heterocycles. The first-order chi connectivity index (χ1) is 9.11. The van der Waals surface area contributed by atoms with Crippen LogP contribution in [-0.4, -0.2) is 35.7 Å². The van der Waals surface area contributed by atoms with Gasteiger partial charge in [-0.25, -0.2) is 0 Å². The summed E-state index contributed by atoms with van der Waals surface area (Å²) in [7, 11) is 1.64. The zero-order valence-corrected chi connectivity index (χ0v) is 12.5. The number of aliphatic carboxylic acids is 1. The molecule has 19 heavy (non-hydrogen) atoms. The summed E-state index contributed by atoms with van der Waals surface area (Å²) in [6.07, 6.45) is 2.77. The van der Waals surface area contributed by atoms with E-state index in [2.05, 4.69) is 15.9 Å². The molecule has 1 fully saturated rings. The van der Waals surface area contributed by atoms with E-state index in [1.165, 1.54) is 0 Å². The third-order valence-electron chi connectivity index (χ3n) is 3.51. The van der Waals surface area contributed by atoms with Gasteiger partial charge in [0.1, 0.15) is 11.8 Å².